The van der Waals surface area contributed by atoms with Crippen LogP contribution in [0.15, 0.2) is 0 Å². The summed E-state index contributed by atoms with van der Waals surface area (Å²) >= 11 is 0. The van der Waals surface area contributed by atoms with Gasteiger partial charge in [-0.1, -0.05) is 6.92 Å². The average molecular weight is 308 g/mol. The van der Waals surface area contributed by atoms with Crippen molar-refractivity contribution in [3.63, 3.8) is 0 Å². The smallest absolute Gasteiger partial charge is 0.305 e. The Labute approximate surface area is 120 Å². The molecule has 0 heterocycles. The first kappa shape index (κ1) is 18.9. The number of hydrogen-bond acceptors (Lipinski definition) is 5. The van der Waals surface area contributed by atoms with Gasteiger partial charge in [0.05, 0.1) is 19.4 Å². The summed E-state index contributed by atoms with van der Waals surface area (Å²) in [4.78, 5) is 24.0. The Morgan fingerprint density at radius 3 is 2.25 bits per heavy atom. The summed E-state index contributed by atoms with van der Waals surface area (Å²) in [6, 6.07) is 0. The summed E-state index contributed by atoms with van der Waals surface area (Å²) in [5.74, 6) is -0.871. The molecule has 0 spiro atoms. The number of carbonyl (C=O) groups excluding carboxylic acids is 2. The van der Waals surface area contributed by atoms with E-state index in [2.05, 4.69) is 4.74 Å². The largest absolute Gasteiger partial charge is 0.469 e. The normalized spacial score (nSPS) is 11.4. The molecule has 7 nitrogen and oxygen atoms in total. The maximum Gasteiger partial charge on any atom is 0.305 e. The lowest BCUT2D eigenvalue weighted by atomic mass is 10.3. The van der Waals surface area contributed by atoms with Gasteiger partial charge < -0.3 is 9.64 Å². The second kappa shape index (κ2) is 8.91. The lowest BCUT2D eigenvalue weighted by Gasteiger charge is -2.22. The zero-order valence-corrected chi connectivity index (χ0v) is 13.4. The van der Waals surface area contributed by atoms with Gasteiger partial charge in [-0.2, -0.15) is 4.31 Å². The molecule has 0 fully saturated rings. The molecular formula is C12H24N2O5S. The molecule has 8 heteroatoms. The number of rotatable bonds is 9. The molecule has 0 aromatic rings. The molecule has 0 saturated carbocycles. The second-order valence-corrected chi connectivity index (χ2v) is 6.71. The highest BCUT2D eigenvalue weighted by atomic mass is 32.2. The Morgan fingerprint density at radius 2 is 1.80 bits per heavy atom. The molecule has 0 atom stereocenters. The Balaban J connectivity index is 4.63. The van der Waals surface area contributed by atoms with Crippen LogP contribution in [0.5, 0.6) is 0 Å². The highest BCUT2D eigenvalue weighted by Crippen LogP contribution is 2.07. The van der Waals surface area contributed by atoms with Gasteiger partial charge in [-0.25, -0.2) is 8.42 Å². The topological polar surface area (TPSA) is 84.0 Å². The molecule has 0 aromatic heterocycles. The minimum atomic E-state index is -3.54. The second-order valence-electron chi connectivity index (χ2n) is 4.62. The van der Waals surface area contributed by atoms with Crippen molar-refractivity contribution in [1.82, 2.24) is 9.21 Å². The van der Waals surface area contributed by atoms with Crippen molar-refractivity contribution in [2.45, 2.75) is 26.2 Å². The van der Waals surface area contributed by atoms with E-state index in [1.54, 1.807) is 14.1 Å². The van der Waals surface area contributed by atoms with Gasteiger partial charge in [0.15, 0.2) is 0 Å². The van der Waals surface area contributed by atoms with Gasteiger partial charge in [-0.05, 0) is 12.8 Å². The third-order valence-corrected chi connectivity index (χ3v) is 4.59. The van der Waals surface area contributed by atoms with E-state index in [1.807, 2.05) is 6.92 Å². The Kier molecular flexibility index (Phi) is 8.40. The molecule has 0 saturated heterocycles. The molecule has 0 aliphatic rings. The van der Waals surface area contributed by atoms with Crippen LogP contribution in [0.2, 0.25) is 0 Å². The van der Waals surface area contributed by atoms with E-state index < -0.39 is 16.0 Å². The van der Waals surface area contributed by atoms with Crippen LogP contribution in [0.3, 0.4) is 0 Å². The van der Waals surface area contributed by atoms with Crippen molar-refractivity contribution in [3.05, 3.63) is 0 Å². The van der Waals surface area contributed by atoms with Crippen LogP contribution in [0.25, 0.3) is 0 Å². The summed E-state index contributed by atoms with van der Waals surface area (Å²) in [5, 5.41) is 0. The van der Waals surface area contributed by atoms with Crippen LogP contribution in [0.4, 0.5) is 0 Å². The molecule has 0 N–H and O–H groups in total. The molecule has 0 bridgehead atoms. The summed E-state index contributed by atoms with van der Waals surface area (Å²) in [6.45, 7) is 1.97. The van der Waals surface area contributed by atoms with Gasteiger partial charge >= 0.3 is 5.97 Å². The predicted octanol–water partition coefficient (Wildman–Crippen LogP) is 0.0696. The standard InChI is InChI=1S/C12H24N2O5S/c1-5-8-14(10-11(15)13(2)3)20(17,18)9-6-7-12(16)19-4/h5-10H2,1-4H3. The average Bonchev–Trinajstić information content (AvgIpc) is 2.37. The lowest BCUT2D eigenvalue weighted by molar-refractivity contribution is -0.140. The number of hydrogen-bond donors (Lipinski definition) is 0. The van der Waals surface area contributed by atoms with Gasteiger partial charge in [-0.15, -0.1) is 0 Å². The van der Waals surface area contributed by atoms with E-state index in [4.69, 9.17) is 0 Å². The number of methoxy groups -OCH3 is 1. The fourth-order valence-electron chi connectivity index (χ4n) is 1.49. The Hall–Kier alpha value is -1.15. The van der Waals surface area contributed by atoms with Crippen molar-refractivity contribution < 1.29 is 22.7 Å². The van der Waals surface area contributed by atoms with Gasteiger partial charge in [0.25, 0.3) is 0 Å². The Bertz CT molecular complexity index is 420. The highest BCUT2D eigenvalue weighted by molar-refractivity contribution is 7.89. The number of amides is 1. The minimum Gasteiger partial charge on any atom is -0.469 e. The number of sulfonamides is 1. The van der Waals surface area contributed by atoms with E-state index in [0.717, 1.165) is 0 Å². The fraction of sp³-hybridized carbons (Fsp3) is 0.833. The number of likely N-dealkylation sites (N-methyl/N-ethyl adjacent to an activating group) is 1. The number of esters is 1. The molecule has 0 aliphatic heterocycles. The number of nitrogens with zero attached hydrogens (tertiary/aromatic N) is 2. The van der Waals surface area contributed by atoms with Gasteiger partial charge in [0.1, 0.15) is 0 Å². The van der Waals surface area contributed by atoms with Crippen LogP contribution in [0.1, 0.15) is 26.2 Å². The molecule has 0 radical (unpaired) electrons. The number of carbonyl (C=O) groups is 2. The van der Waals surface area contributed by atoms with E-state index in [0.29, 0.717) is 13.0 Å². The van der Waals surface area contributed by atoms with Crippen LogP contribution >= 0.6 is 0 Å². The van der Waals surface area contributed by atoms with Crippen molar-refractivity contribution in [1.29, 1.82) is 0 Å². The first-order valence-corrected chi connectivity index (χ1v) is 8.10. The highest BCUT2D eigenvalue weighted by Gasteiger charge is 2.24. The first-order chi connectivity index (χ1) is 9.24. The Morgan fingerprint density at radius 1 is 1.20 bits per heavy atom. The van der Waals surface area contributed by atoms with Crippen LogP contribution in [0, 0.1) is 0 Å². The van der Waals surface area contributed by atoms with E-state index in [9.17, 15) is 18.0 Å². The molecule has 0 aliphatic carbocycles. The van der Waals surface area contributed by atoms with Crippen molar-refractivity contribution >= 4 is 21.9 Å². The lowest BCUT2D eigenvalue weighted by Crippen LogP contribution is -2.41. The fourth-order valence-corrected chi connectivity index (χ4v) is 3.02. The maximum atomic E-state index is 12.2. The first-order valence-electron chi connectivity index (χ1n) is 6.49. The molecule has 0 rings (SSSR count). The SMILES string of the molecule is CCCN(CC(=O)N(C)C)S(=O)(=O)CCCC(=O)OC. The zero-order chi connectivity index (χ0) is 15.8. The van der Waals surface area contributed by atoms with E-state index in [-0.39, 0.29) is 31.0 Å². The van der Waals surface area contributed by atoms with Crippen molar-refractivity contribution in [3.8, 4) is 0 Å². The molecular weight excluding hydrogens is 284 g/mol. The van der Waals surface area contributed by atoms with E-state index >= 15 is 0 Å². The van der Waals surface area contributed by atoms with Crippen molar-refractivity contribution in [2.75, 3.05) is 40.0 Å². The molecule has 20 heavy (non-hydrogen) atoms. The third-order valence-electron chi connectivity index (χ3n) is 2.69. The molecule has 118 valence electrons. The van der Waals surface area contributed by atoms with Gasteiger partial charge in [-0.3, -0.25) is 9.59 Å². The maximum absolute atomic E-state index is 12.2. The molecule has 0 aromatic carbocycles. The summed E-state index contributed by atoms with van der Waals surface area (Å²) < 4.78 is 29.9. The van der Waals surface area contributed by atoms with Crippen LogP contribution < -0.4 is 0 Å². The summed E-state index contributed by atoms with van der Waals surface area (Å²) in [5.41, 5.74) is 0. The quantitative estimate of drug-likeness (QED) is 0.563. The third kappa shape index (κ3) is 6.85. The van der Waals surface area contributed by atoms with E-state index in [1.165, 1.54) is 16.3 Å². The molecule has 1 amide bonds. The van der Waals surface area contributed by atoms with Crippen LogP contribution in [-0.4, -0.2) is 69.5 Å². The summed E-state index contributed by atoms with van der Waals surface area (Å²) in [6.07, 6.45) is 0.861. The zero-order valence-electron chi connectivity index (χ0n) is 12.6. The molecule has 0 unspecified atom stereocenters. The van der Waals surface area contributed by atoms with Gasteiger partial charge in [0.2, 0.25) is 15.9 Å². The van der Waals surface area contributed by atoms with Crippen LogP contribution in [-0.2, 0) is 24.3 Å². The van der Waals surface area contributed by atoms with Crippen molar-refractivity contribution in [2.24, 2.45) is 0 Å². The van der Waals surface area contributed by atoms with Gasteiger partial charge in [0, 0.05) is 27.1 Å². The summed E-state index contributed by atoms with van der Waals surface area (Å²) in [7, 11) is 0.880. The predicted molar refractivity (Wildman–Crippen MR) is 75.6 cm³/mol. The number of ether oxygens (including phenoxy) is 1. The monoisotopic (exact) mass is 308 g/mol. The minimum absolute atomic E-state index is 0.0529.